The van der Waals surface area contributed by atoms with Crippen LogP contribution in [0.5, 0.6) is 0 Å². The maximum absolute atomic E-state index is 10.7. The number of halogens is 2. The zero-order chi connectivity index (χ0) is 13.8. The van der Waals surface area contributed by atoms with Crippen LogP contribution in [-0.4, -0.2) is 16.5 Å². The second-order valence-corrected chi connectivity index (χ2v) is 5.86. The van der Waals surface area contributed by atoms with Gasteiger partial charge in [0.1, 0.15) is 11.0 Å². The first-order valence-corrected chi connectivity index (χ1v) is 6.92. The predicted octanol–water partition coefficient (Wildman–Crippen LogP) is 4.01. The number of hydrogen-bond acceptors (Lipinski definition) is 5. The minimum Gasteiger partial charge on any atom is -0.369 e. The fraction of sp³-hybridized carbons (Fsp3) is 0.182. The highest BCUT2D eigenvalue weighted by Crippen LogP contribution is 2.23. The summed E-state index contributed by atoms with van der Waals surface area (Å²) < 4.78 is 0.742. The Balaban J connectivity index is 1.97. The summed E-state index contributed by atoms with van der Waals surface area (Å²) in [6, 6.07) is 6.35. The van der Waals surface area contributed by atoms with Gasteiger partial charge in [-0.15, -0.1) is 11.3 Å². The molecule has 0 aromatic carbocycles. The fourth-order valence-electron chi connectivity index (χ4n) is 1.48. The first-order valence-electron chi connectivity index (χ1n) is 5.34. The summed E-state index contributed by atoms with van der Waals surface area (Å²) in [7, 11) is 0. The van der Waals surface area contributed by atoms with Crippen molar-refractivity contribution >= 4 is 46.0 Å². The maximum Gasteiger partial charge on any atom is 0.276 e. The molecular weight excluding hydrogens is 309 g/mol. The minimum absolute atomic E-state index is 0.0818. The lowest BCUT2D eigenvalue weighted by atomic mass is 10.3. The van der Waals surface area contributed by atoms with E-state index in [4.69, 9.17) is 23.2 Å². The maximum atomic E-state index is 10.7. The van der Waals surface area contributed by atoms with Gasteiger partial charge in [-0.3, -0.25) is 10.1 Å². The highest BCUT2D eigenvalue weighted by Gasteiger charge is 2.10. The van der Waals surface area contributed by atoms with Gasteiger partial charge >= 0.3 is 0 Å². The van der Waals surface area contributed by atoms with Gasteiger partial charge in [0.2, 0.25) is 0 Å². The molecule has 0 saturated carbocycles. The van der Waals surface area contributed by atoms with Crippen LogP contribution in [0.3, 0.4) is 0 Å². The van der Waals surface area contributed by atoms with E-state index in [1.807, 2.05) is 12.1 Å². The Morgan fingerprint density at radius 1 is 1.37 bits per heavy atom. The molecule has 2 aromatic heterocycles. The molecule has 2 heterocycles. The van der Waals surface area contributed by atoms with Gasteiger partial charge in [0, 0.05) is 11.4 Å². The summed E-state index contributed by atoms with van der Waals surface area (Å²) in [5, 5.41) is 13.8. The first kappa shape index (κ1) is 14.0. The van der Waals surface area contributed by atoms with E-state index in [1.54, 1.807) is 0 Å². The number of anilines is 1. The second-order valence-electron chi connectivity index (χ2n) is 3.67. The predicted molar refractivity (Wildman–Crippen MR) is 77.4 cm³/mol. The third-order valence-corrected chi connectivity index (χ3v) is 3.78. The number of aromatic nitrogens is 1. The number of nitro groups is 1. The van der Waals surface area contributed by atoms with E-state index in [-0.39, 0.29) is 10.8 Å². The molecule has 5 nitrogen and oxygen atoms in total. The van der Waals surface area contributed by atoms with E-state index in [0.29, 0.717) is 12.4 Å². The average Bonchev–Trinajstić information content (AvgIpc) is 2.74. The van der Waals surface area contributed by atoms with Crippen molar-refractivity contribution in [2.75, 3.05) is 11.9 Å². The molecule has 2 aromatic rings. The molecule has 0 amide bonds. The van der Waals surface area contributed by atoms with Gasteiger partial charge < -0.3 is 5.32 Å². The molecule has 0 atom stereocenters. The number of pyridine rings is 1. The quantitative estimate of drug-likeness (QED) is 0.514. The summed E-state index contributed by atoms with van der Waals surface area (Å²) in [5.74, 6) is 0.391. The Morgan fingerprint density at radius 2 is 2.16 bits per heavy atom. The number of rotatable bonds is 5. The molecule has 2 rings (SSSR count). The van der Waals surface area contributed by atoms with E-state index in [0.717, 1.165) is 15.6 Å². The largest absolute Gasteiger partial charge is 0.369 e. The highest BCUT2D eigenvalue weighted by molar-refractivity contribution is 7.16. The summed E-state index contributed by atoms with van der Waals surface area (Å²) >= 11 is 13.1. The lowest BCUT2D eigenvalue weighted by Crippen LogP contribution is -2.06. The number of nitrogens with zero attached hydrogens (tertiary/aromatic N) is 2. The van der Waals surface area contributed by atoms with Gasteiger partial charge in [-0.1, -0.05) is 23.2 Å². The lowest BCUT2D eigenvalue weighted by Gasteiger charge is -2.04. The zero-order valence-electron chi connectivity index (χ0n) is 9.60. The molecule has 0 fully saturated rings. The van der Waals surface area contributed by atoms with Crippen molar-refractivity contribution in [3.05, 3.63) is 48.7 Å². The van der Waals surface area contributed by atoms with E-state index >= 15 is 0 Å². The van der Waals surface area contributed by atoms with Crippen LogP contribution in [0.1, 0.15) is 4.88 Å². The molecule has 1 N–H and O–H groups in total. The van der Waals surface area contributed by atoms with Crippen LogP contribution in [0.2, 0.25) is 9.49 Å². The van der Waals surface area contributed by atoms with Gasteiger partial charge in [-0.2, -0.15) is 0 Å². The molecule has 0 aliphatic rings. The SMILES string of the molecule is O=[N+]([O-])c1cc(Cl)nc(NCCc2ccc(Cl)s2)c1. The second kappa shape index (κ2) is 6.18. The Kier molecular flexibility index (Phi) is 4.57. The third kappa shape index (κ3) is 4.05. The van der Waals surface area contributed by atoms with Gasteiger partial charge in [0.25, 0.3) is 5.69 Å². The normalized spacial score (nSPS) is 10.4. The van der Waals surface area contributed by atoms with Gasteiger partial charge in [-0.05, 0) is 18.6 Å². The van der Waals surface area contributed by atoms with Crippen LogP contribution in [0.25, 0.3) is 0 Å². The Labute approximate surface area is 123 Å². The van der Waals surface area contributed by atoms with Crippen molar-refractivity contribution in [3.63, 3.8) is 0 Å². The number of nitrogens with one attached hydrogen (secondary N) is 1. The Hall–Kier alpha value is -1.37. The summed E-state index contributed by atoms with van der Waals surface area (Å²) in [6.45, 7) is 0.599. The van der Waals surface area contributed by atoms with E-state index in [2.05, 4.69) is 10.3 Å². The topological polar surface area (TPSA) is 68.1 Å². The lowest BCUT2D eigenvalue weighted by molar-refractivity contribution is -0.384. The molecule has 0 radical (unpaired) electrons. The van der Waals surface area contributed by atoms with Gasteiger partial charge in [0.05, 0.1) is 21.4 Å². The molecule has 0 spiro atoms. The molecule has 0 aliphatic carbocycles. The van der Waals surface area contributed by atoms with Crippen LogP contribution in [0, 0.1) is 10.1 Å². The molecule has 8 heteroatoms. The molecular formula is C11H9Cl2N3O2S. The van der Waals surface area contributed by atoms with Crippen LogP contribution in [-0.2, 0) is 6.42 Å². The fourth-order valence-corrected chi connectivity index (χ4v) is 2.77. The summed E-state index contributed by atoms with van der Waals surface area (Å²) in [4.78, 5) is 15.3. The van der Waals surface area contributed by atoms with Crippen LogP contribution in [0.4, 0.5) is 11.5 Å². The molecule has 0 bridgehead atoms. The zero-order valence-corrected chi connectivity index (χ0v) is 11.9. The summed E-state index contributed by atoms with van der Waals surface area (Å²) in [6.07, 6.45) is 0.763. The van der Waals surface area contributed by atoms with E-state index in [1.165, 1.54) is 23.5 Å². The smallest absolute Gasteiger partial charge is 0.276 e. The van der Waals surface area contributed by atoms with Crippen molar-refractivity contribution in [3.8, 4) is 0 Å². The number of thiophene rings is 1. The van der Waals surface area contributed by atoms with Crippen LogP contribution >= 0.6 is 34.5 Å². The average molecular weight is 318 g/mol. The molecule has 100 valence electrons. The minimum atomic E-state index is -0.502. The van der Waals surface area contributed by atoms with Crippen molar-refractivity contribution in [2.45, 2.75) is 6.42 Å². The van der Waals surface area contributed by atoms with Crippen molar-refractivity contribution in [1.82, 2.24) is 4.98 Å². The molecule has 0 aliphatic heterocycles. The van der Waals surface area contributed by atoms with Crippen molar-refractivity contribution < 1.29 is 4.92 Å². The van der Waals surface area contributed by atoms with Crippen LogP contribution in [0.15, 0.2) is 24.3 Å². The standard InChI is InChI=1S/C11H9Cl2N3O2S/c12-9-5-7(16(17)18)6-11(15-9)14-4-3-8-1-2-10(13)19-8/h1-2,5-6H,3-4H2,(H,14,15). The summed E-state index contributed by atoms with van der Waals surface area (Å²) in [5.41, 5.74) is -0.0818. The van der Waals surface area contributed by atoms with Crippen molar-refractivity contribution in [1.29, 1.82) is 0 Å². The molecule has 19 heavy (non-hydrogen) atoms. The Morgan fingerprint density at radius 3 is 2.79 bits per heavy atom. The highest BCUT2D eigenvalue weighted by atomic mass is 35.5. The van der Waals surface area contributed by atoms with E-state index in [9.17, 15) is 10.1 Å². The van der Waals surface area contributed by atoms with Crippen LogP contribution < -0.4 is 5.32 Å². The van der Waals surface area contributed by atoms with Gasteiger partial charge in [0.15, 0.2) is 0 Å². The first-order chi connectivity index (χ1) is 9.04. The monoisotopic (exact) mass is 317 g/mol. The van der Waals surface area contributed by atoms with E-state index < -0.39 is 4.92 Å². The third-order valence-electron chi connectivity index (χ3n) is 2.30. The molecule has 0 saturated heterocycles. The van der Waals surface area contributed by atoms with Crippen molar-refractivity contribution in [2.24, 2.45) is 0 Å². The Bertz CT molecular complexity index is 603. The molecule has 0 unspecified atom stereocenters. The number of hydrogen-bond donors (Lipinski definition) is 1. The van der Waals surface area contributed by atoms with Gasteiger partial charge in [-0.25, -0.2) is 4.98 Å².